The van der Waals surface area contributed by atoms with Crippen molar-refractivity contribution in [2.75, 3.05) is 0 Å². The molecule has 24 heavy (non-hydrogen) atoms. The van der Waals surface area contributed by atoms with Gasteiger partial charge in [0.05, 0.1) is 10.2 Å². The van der Waals surface area contributed by atoms with Crippen LogP contribution in [0.4, 0.5) is 0 Å². The number of carbonyl (C=O) groups excluding carboxylic acids is 1. The molecular formula is C20H18N2OS. The molecule has 1 N–H and O–H groups in total. The van der Waals surface area contributed by atoms with E-state index in [1.807, 2.05) is 24.3 Å². The molecule has 3 nitrogen and oxygen atoms in total. The van der Waals surface area contributed by atoms with Crippen molar-refractivity contribution in [1.82, 2.24) is 10.2 Å². The smallest absolute Gasteiger partial charge is 0.150 e. The second kappa shape index (κ2) is 5.28. The maximum atomic E-state index is 10.9. The maximum absolute atomic E-state index is 10.9. The number of thiophene rings is 1. The van der Waals surface area contributed by atoms with Crippen LogP contribution in [0.15, 0.2) is 24.3 Å². The fourth-order valence-corrected chi connectivity index (χ4v) is 4.70. The molecule has 4 rings (SSSR count). The predicted molar refractivity (Wildman–Crippen MR) is 101 cm³/mol. The van der Waals surface area contributed by atoms with Crippen LogP contribution in [0.2, 0.25) is 0 Å². The van der Waals surface area contributed by atoms with Crippen LogP contribution in [0.25, 0.3) is 31.6 Å². The third kappa shape index (κ3) is 1.96. The van der Waals surface area contributed by atoms with E-state index in [0.717, 1.165) is 23.1 Å². The van der Waals surface area contributed by atoms with Gasteiger partial charge in [-0.05, 0) is 49.9 Å². The van der Waals surface area contributed by atoms with Crippen LogP contribution < -0.4 is 0 Å². The Balaban J connectivity index is 2.04. The van der Waals surface area contributed by atoms with Gasteiger partial charge in [0.2, 0.25) is 0 Å². The minimum atomic E-state index is 0.680. The lowest BCUT2D eigenvalue weighted by Gasteiger charge is -2.10. The molecule has 0 aliphatic heterocycles. The molecule has 2 aromatic heterocycles. The highest BCUT2D eigenvalue weighted by Crippen LogP contribution is 2.43. The first-order valence-electron chi connectivity index (χ1n) is 7.95. The molecule has 0 amide bonds. The SMILES string of the molecule is Cc1c(C)c(C)c2c(sc3c(-c4ccc(C=O)cc4)n[nH]c32)c1C. The maximum Gasteiger partial charge on any atom is 0.150 e. The van der Waals surface area contributed by atoms with Crippen LogP contribution in [0.1, 0.15) is 32.6 Å². The van der Waals surface area contributed by atoms with Gasteiger partial charge in [-0.1, -0.05) is 24.3 Å². The quantitative estimate of drug-likeness (QED) is 0.493. The summed E-state index contributed by atoms with van der Waals surface area (Å²) in [7, 11) is 0. The number of aromatic nitrogens is 2. The van der Waals surface area contributed by atoms with E-state index >= 15 is 0 Å². The number of aryl methyl sites for hydroxylation is 2. The Bertz CT molecular complexity index is 1100. The molecule has 0 aliphatic rings. The van der Waals surface area contributed by atoms with Gasteiger partial charge in [0.15, 0.2) is 0 Å². The molecule has 0 radical (unpaired) electrons. The molecule has 0 fully saturated rings. The zero-order valence-electron chi connectivity index (χ0n) is 14.2. The standard InChI is InChI=1S/C20H18N2OS/c1-10-11(2)13(4)19-16(12(10)3)18-20(24-19)17(21-22-18)15-7-5-14(9-23)6-8-15/h5-9H,1-4H3,(H,21,22). The molecule has 2 heterocycles. The van der Waals surface area contributed by atoms with E-state index in [2.05, 4.69) is 37.9 Å². The van der Waals surface area contributed by atoms with Crippen LogP contribution in [0.3, 0.4) is 0 Å². The van der Waals surface area contributed by atoms with E-state index in [0.29, 0.717) is 5.56 Å². The van der Waals surface area contributed by atoms with E-state index < -0.39 is 0 Å². The first kappa shape index (κ1) is 15.1. The summed E-state index contributed by atoms with van der Waals surface area (Å²) in [6.07, 6.45) is 0.863. The summed E-state index contributed by atoms with van der Waals surface area (Å²) in [5, 5.41) is 9.09. The largest absolute Gasteiger partial charge is 0.298 e. The number of nitrogens with one attached hydrogen (secondary N) is 1. The molecule has 0 atom stereocenters. The molecule has 4 aromatic rings. The molecule has 4 heteroatoms. The third-order valence-corrected chi connectivity index (χ3v) is 6.44. The van der Waals surface area contributed by atoms with Crippen molar-refractivity contribution < 1.29 is 4.79 Å². The molecule has 120 valence electrons. The number of benzene rings is 2. The predicted octanol–water partition coefficient (Wildman–Crippen LogP) is 5.49. The number of hydrogen-bond donors (Lipinski definition) is 1. The molecule has 0 unspecified atom stereocenters. The molecule has 2 aromatic carbocycles. The van der Waals surface area contributed by atoms with Crippen LogP contribution in [0.5, 0.6) is 0 Å². The zero-order valence-corrected chi connectivity index (χ0v) is 15.0. The Labute approximate surface area is 144 Å². The van der Waals surface area contributed by atoms with Gasteiger partial charge in [-0.15, -0.1) is 11.3 Å². The highest BCUT2D eigenvalue weighted by atomic mass is 32.1. The van der Waals surface area contributed by atoms with Gasteiger partial charge in [-0.25, -0.2) is 0 Å². The van der Waals surface area contributed by atoms with Gasteiger partial charge < -0.3 is 0 Å². The Morgan fingerprint density at radius 2 is 1.58 bits per heavy atom. The van der Waals surface area contributed by atoms with E-state index in [1.54, 1.807) is 11.3 Å². The number of H-pyrrole nitrogens is 1. The van der Waals surface area contributed by atoms with Crippen LogP contribution in [-0.2, 0) is 0 Å². The average Bonchev–Trinajstić information content (AvgIpc) is 3.17. The van der Waals surface area contributed by atoms with Crippen molar-refractivity contribution in [3.8, 4) is 11.3 Å². The minimum absolute atomic E-state index is 0.680. The van der Waals surface area contributed by atoms with Crippen LogP contribution in [0, 0.1) is 27.7 Å². The van der Waals surface area contributed by atoms with Crippen molar-refractivity contribution in [2.24, 2.45) is 0 Å². The lowest BCUT2D eigenvalue weighted by molar-refractivity contribution is 0.112. The first-order valence-corrected chi connectivity index (χ1v) is 8.77. The number of nitrogens with zero attached hydrogens (tertiary/aromatic N) is 1. The van der Waals surface area contributed by atoms with E-state index in [4.69, 9.17) is 0 Å². The molecule has 0 saturated heterocycles. The number of rotatable bonds is 2. The normalized spacial score (nSPS) is 11.5. The summed E-state index contributed by atoms with van der Waals surface area (Å²) in [6, 6.07) is 7.59. The zero-order chi connectivity index (χ0) is 17.0. The molecule has 0 spiro atoms. The number of fused-ring (bicyclic) bond motifs is 3. The van der Waals surface area contributed by atoms with Crippen molar-refractivity contribution in [3.05, 3.63) is 52.1 Å². The monoisotopic (exact) mass is 334 g/mol. The van der Waals surface area contributed by atoms with Gasteiger partial charge in [0.1, 0.15) is 12.0 Å². The number of carbonyl (C=O) groups is 1. The van der Waals surface area contributed by atoms with E-state index in [9.17, 15) is 4.79 Å². The van der Waals surface area contributed by atoms with Gasteiger partial charge in [0.25, 0.3) is 0 Å². The second-order valence-electron chi connectivity index (χ2n) is 6.32. The van der Waals surface area contributed by atoms with E-state index in [-0.39, 0.29) is 0 Å². The van der Waals surface area contributed by atoms with Crippen LogP contribution in [-0.4, -0.2) is 16.5 Å². The third-order valence-electron chi connectivity index (χ3n) is 5.13. The number of hydrogen-bond acceptors (Lipinski definition) is 3. The summed E-state index contributed by atoms with van der Waals surface area (Å²) >= 11 is 1.80. The lowest BCUT2D eigenvalue weighted by atomic mass is 9.96. The highest BCUT2D eigenvalue weighted by molar-refractivity contribution is 7.26. The molecule has 0 bridgehead atoms. The summed E-state index contributed by atoms with van der Waals surface area (Å²) < 4.78 is 2.52. The average molecular weight is 334 g/mol. The molecule has 0 aliphatic carbocycles. The summed E-state index contributed by atoms with van der Waals surface area (Å²) in [5.74, 6) is 0. The van der Waals surface area contributed by atoms with Crippen LogP contribution >= 0.6 is 11.3 Å². The van der Waals surface area contributed by atoms with Crippen molar-refractivity contribution in [2.45, 2.75) is 27.7 Å². The molecule has 0 saturated carbocycles. The van der Waals surface area contributed by atoms with Crippen molar-refractivity contribution >= 4 is 37.9 Å². The fraction of sp³-hybridized carbons (Fsp3) is 0.200. The lowest BCUT2D eigenvalue weighted by Crippen LogP contribution is -1.91. The number of aldehydes is 1. The van der Waals surface area contributed by atoms with Gasteiger partial charge >= 0.3 is 0 Å². The summed E-state index contributed by atoms with van der Waals surface area (Å²) in [4.78, 5) is 10.9. The molecular weight excluding hydrogens is 316 g/mol. The minimum Gasteiger partial charge on any atom is -0.298 e. The summed E-state index contributed by atoms with van der Waals surface area (Å²) in [6.45, 7) is 8.78. The Hall–Kier alpha value is -2.46. The first-order chi connectivity index (χ1) is 11.5. The van der Waals surface area contributed by atoms with Crippen molar-refractivity contribution in [1.29, 1.82) is 0 Å². The van der Waals surface area contributed by atoms with E-state index in [1.165, 1.54) is 37.0 Å². The number of aromatic amines is 1. The highest BCUT2D eigenvalue weighted by Gasteiger charge is 2.19. The van der Waals surface area contributed by atoms with Gasteiger partial charge in [-0.2, -0.15) is 5.10 Å². The van der Waals surface area contributed by atoms with Gasteiger partial charge in [0, 0.05) is 21.2 Å². The van der Waals surface area contributed by atoms with Gasteiger partial charge in [-0.3, -0.25) is 9.89 Å². The van der Waals surface area contributed by atoms with Crippen molar-refractivity contribution in [3.63, 3.8) is 0 Å². The Kier molecular flexibility index (Phi) is 3.32. The summed E-state index contributed by atoms with van der Waals surface area (Å²) in [5.41, 5.74) is 9.18. The Morgan fingerprint density at radius 3 is 2.25 bits per heavy atom. The Morgan fingerprint density at radius 1 is 0.917 bits per heavy atom. The fourth-order valence-electron chi connectivity index (χ4n) is 3.32. The topological polar surface area (TPSA) is 45.8 Å². The second-order valence-corrected chi connectivity index (χ2v) is 7.34.